The summed E-state index contributed by atoms with van der Waals surface area (Å²) in [7, 11) is 0. The zero-order valence-electron chi connectivity index (χ0n) is 10.1. The lowest BCUT2D eigenvalue weighted by Gasteiger charge is -2.07. The van der Waals surface area contributed by atoms with Crippen molar-refractivity contribution >= 4 is 17.5 Å². The van der Waals surface area contributed by atoms with Crippen molar-refractivity contribution in [1.29, 1.82) is 0 Å². The van der Waals surface area contributed by atoms with Gasteiger partial charge >= 0.3 is 0 Å². The van der Waals surface area contributed by atoms with E-state index in [0.29, 0.717) is 17.1 Å². The number of benzene rings is 2. The molecular weight excluding hydrogens is 246 g/mol. The van der Waals surface area contributed by atoms with Crippen molar-refractivity contribution in [3.63, 3.8) is 0 Å². The minimum Gasteiger partial charge on any atom is -0.348 e. The molecule has 0 spiro atoms. The van der Waals surface area contributed by atoms with Gasteiger partial charge in [0.25, 0.3) is 5.91 Å². The Bertz CT molecular complexity index is 549. The van der Waals surface area contributed by atoms with Gasteiger partial charge in [-0.25, -0.2) is 0 Å². The highest BCUT2D eigenvalue weighted by Crippen LogP contribution is 2.10. The fourth-order valence-electron chi connectivity index (χ4n) is 1.69. The van der Waals surface area contributed by atoms with E-state index in [1.807, 2.05) is 31.2 Å². The zero-order valence-corrected chi connectivity index (χ0v) is 10.9. The smallest absolute Gasteiger partial charge is 0.251 e. The van der Waals surface area contributed by atoms with Gasteiger partial charge in [0.1, 0.15) is 0 Å². The van der Waals surface area contributed by atoms with E-state index in [2.05, 4.69) is 5.32 Å². The monoisotopic (exact) mass is 259 g/mol. The van der Waals surface area contributed by atoms with Crippen LogP contribution in [0.1, 0.15) is 21.5 Å². The number of nitrogens with one attached hydrogen (secondary N) is 1. The summed E-state index contributed by atoms with van der Waals surface area (Å²) in [6.45, 7) is 2.57. The second kappa shape index (κ2) is 5.69. The second-order valence-electron chi connectivity index (χ2n) is 4.12. The summed E-state index contributed by atoms with van der Waals surface area (Å²) >= 11 is 5.78. The first-order chi connectivity index (χ1) is 8.66. The van der Waals surface area contributed by atoms with E-state index < -0.39 is 0 Å². The Morgan fingerprint density at radius 2 is 1.78 bits per heavy atom. The van der Waals surface area contributed by atoms with Gasteiger partial charge in [-0.15, -0.1) is 0 Å². The van der Waals surface area contributed by atoms with Crippen LogP contribution in [0.25, 0.3) is 0 Å². The third-order valence-corrected chi connectivity index (χ3v) is 3.06. The molecule has 0 aliphatic carbocycles. The van der Waals surface area contributed by atoms with Gasteiger partial charge in [0, 0.05) is 17.1 Å². The Morgan fingerprint density at radius 1 is 1.11 bits per heavy atom. The fourth-order valence-corrected chi connectivity index (χ4v) is 1.81. The quantitative estimate of drug-likeness (QED) is 0.897. The Balaban J connectivity index is 2.01. The van der Waals surface area contributed by atoms with Crippen LogP contribution in [0.2, 0.25) is 5.02 Å². The summed E-state index contributed by atoms with van der Waals surface area (Å²) in [5, 5.41) is 3.52. The van der Waals surface area contributed by atoms with Crippen LogP contribution >= 0.6 is 11.6 Å². The van der Waals surface area contributed by atoms with Gasteiger partial charge in [-0.2, -0.15) is 0 Å². The molecule has 0 atom stereocenters. The van der Waals surface area contributed by atoms with E-state index in [0.717, 1.165) is 5.56 Å². The summed E-state index contributed by atoms with van der Waals surface area (Å²) in [5.74, 6) is -0.0880. The van der Waals surface area contributed by atoms with Gasteiger partial charge < -0.3 is 5.32 Å². The highest BCUT2D eigenvalue weighted by atomic mass is 35.5. The minimum absolute atomic E-state index is 0.0880. The third kappa shape index (κ3) is 3.11. The number of carbonyl (C=O) groups is 1. The topological polar surface area (TPSA) is 29.1 Å². The van der Waals surface area contributed by atoms with Crippen molar-refractivity contribution in [1.82, 2.24) is 5.32 Å². The molecule has 0 aliphatic heterocycles. The normalized spacial score (nSPS) is 10.1. The highest BCUT2D eigenvalue weighted by molar-refractivity contribution is 6.30. The third-order valence-electron chi connectivity index (χ3n) is 2.81. The predicted octanol–water partition coefficient (Wildman–Crippen LogP) is 3.58. The molecule has 0 heterocycles. The maximum Gasteiger partial charge on any atom is 0.251 e. The Hall–Kier alpha value is -1.80. The van der Waals surface area contributed by atoms with Crippen LogP contribution in [0, 0.1) is 6.92 Å². The average Bonchev–Trinajstić information content (AvgIpc) is 2.38. The fraction of sp³-hybridized carbons (Fsp3) is 0.133. The molecule has 0 fully saturated rings. The molecule has 1 amide bonds. The molecule has 2 aromatic rings. The van der Waals surface area contributed by atoms with Crippen molar-refractivity contribution in [2.75, 3.05) is 0 Å². The Morgan fingerprint density at radius 3 is 2.44 bits per heavy atom. The SMILES string of the molecule is Cc1ccccc1CNC(=O)c1ccc(Cl)cc1. The van der Waals surface area contributed by atoms with Gasteiger partial charge in [0.2, 0.25) is 0 Å². The van der Waals surface area contributed by atoms with Crippen molar-refractivity contribution in [3.05, 3.63) is 70.2 Å². The average molecular weight is 260 g/mol. The van der Waals surface area contributed by atoms with Crippen molar-refractivity contribution in [2.45, 2.75) is 13.5 Å². The van der Waals surface area contributed by atoms with Gasteiger partial charge in [-0.1, -0.05) is 35.9 Å². The number of carbonyl (C=O) groups excluding carboxylic acids is 1. The second-order valence-corrected chi connectivity index (χ2v) is 4.55. The molecule has 0 saturated heterocycles. The van der Waals surface area contributed by atoms with Gasteiger partial charge in [-0.05, 0) is 42.3 Å². The molecule has 3 heteroatoms. The number of aryl methyl sites for hydroxylation is 1. The molecule has 0 bridgehead atoms. The van der Waals surface area contributed by atoms with Gasteiger partial charge in [-0.3, -0.25) is 4.79 Å². The molecule has 2 rings (SSSR count). The summed E-state index contributed by atoms with van der Waals surface area (Å²) < 4.78 is 0. The Kier molecular flexibility index (Phi) is 4.00. The molecule has 0 aromatic heterocycles. The molecule has 0 saturated carbocycles. The largest absolute Gasteiger partial charge is 0.348 e. The lowest BCUT2D eigenvalue weighted by atomic mass is 10.1. The van der Waals surface area contributed by atoms with E-state index in [1.165, 1.54) is 5.56 Å². The molecule has 2 nitrogen and oxygen atoms in total. The van der Waals surface area contributed by atoms with E-state index in [4.69, 9.17) is 11.6 Å². The maximum atomic E-state index is 11.9. The van der Waals surface area contributed by atoms with E-state index in [1.54, 1.807) is 24.3 Å². The number of amides is 1. The van der Waals surface area contributed by atoms with Crippen molar-refractivity contribution in [3.8, 4) is 0 Å². The lowest BCUT2D eigenvalue weighted by Crippen LogP contribution is -2.23. The summed E-state index contributed by atoms with van der Waals surface area (Å²) in [6, 6.07) is 14.9. The maximum absolute atomic E-state index is 11.9. The minimum atomic E-state index is -0.0880. The van der Waals surface area contributed by atoms with Crippen molar-refractivity contribution < 1.29 is 4.79 Å². The predicted molar refractivity (Wildman–Crippen MR) is 73.8 cm³/mol. The molecule has 0 unspecified atom stereocenters. The number of hydrogen-bond acceptors (Lipinski definition) is 1. The summed E-state index contributed by atoms with van der Waals surface area (Å²) in [6.07, 6.45) is 0. The van der Waals surface area contributed by atoms with E-state index >= 15 is 0 Å². The standard InChI is InChI=1S/C15H14ClNO/c1-11-4-2-3-5-13(11)10-17-15(18)12-6-8-14(16)9-7-12/h2-9H,10H2,1H3,(H,17,18). The van der Waals surface area contributed by atoms with Crippen LogP contribution in [-0.2, 0) is 6.54 Å². The van der Waals surface area contributed by atoms with Crippen LogP contribution in [0.5, 0.6) is 0 Å². The van der Waals surface area contributed by atoms with E-state index in [-0.39, 0.29) is 5.91 Å². The highest BCUT2D eigenvalue weighted by Gasteiger charge is 2.05. The first-order valence-electron chi connectivity index (χ1n) is 5.75. The molecule has 0 aliphatic rings. The first-order valence-corrected chi connectivity index (χ1v) is 6.13. The Labute approximate surface area is 112 Å². The summed E-state index contributed by atoms with van der Waals surface area (Å²) in [5.41, 5.74) is 2.92. The lowest BCUT2D eigenvalue weighted by molar-refractivity contribution is 0.0951. The molecular formula is C15H14ClNO. The van der Waals surface area contributed by atoms with Crippen LogP contribution in [0.3, 0.4) is 0 Å². The molecule has 1 N–H and O–H groups in total. The molecule has 92 valence electrons. The van der Waals surface area contributed by atoms with Gasteiger partial charge in [0.15, 0.2) is 0 Å². The summed E-state index contributed by atoms with van der Waals surface area (Å²) in [4.78, 5) is 11.9. The zero-order chi connectivity index (χ0) is 13.0. The van der Waals surface area contributed by atoms with Crippen molar-refractivity contribution in [2.24, 2.45) is 0 Å². The van der Waals surface area contributed by atoms with Crippen LogP contribution < -0.4 is 5.32 Å². The van der Waals surface area contributed by atoms with Crippen LogP contribution in [-0.4, -0.2) is 5.91 Å². The molecule has 18 heavy (non-hydrogen) atoms. The number of hydrogen-bond donors (Lipinski definition) is 1. The molecule has 0 radical (unpaired) electrons. The van der Waals surface area contributed by atoms with Crippen LogP contribution in [0.4, 0.5) is 0 Å². The first kappa shape index (κ1) is 12.7. The van der Waals surface area contributed by atoms with Crippen LogP contribution in [0.15, 0.2) is 48.5 Å². The number of halogens is 1. The van der Waals surface area contributed by atoms with Gasteiger partial charge in [0.05, 0.1) is 0 Å². The van der Waals surface area contributed by atoms with E-state index in [9.17, 15) is 4.79 Å². The number of rotatable bonds is 3. The molecule has 2 aromatic carbocycles.